The topological polar surface area (TPSA) is 86.1 Å². The fourth-order valence-electron chi connectivity index (χ4n) is 6.38. The van der Waals surface area contributed by atoms with Crippen LogP contribution in [0.25, 0.3) is 22.0 Å². The Kier molecular flexibility index (Phi) is 3.58. The van der Waals surface area contributed by atoms with Gasteiger partial charge in [-0.05, 0) is 31.5 Å². The first-order chi connectivity index (χ1) is 16.9. The van der Waals surface area contributed by atoms with Crippen molar-refractivity contribution in [2.24, 2.45) is 14.1 Å². The zero-order valence-corrected chi connectivity index (χ0v) is 20.5. The second-order valence-electron chi connectivity index (χ2n) is 10.7. The van der Waals surface area contributed by atoms with Gasteiger partial charge in [-0.2, -0.15) is 0 Å². The second kappa shape index (κ2) is 6.04. The molecule has 2 aliphatic heterocycles. The first kappa shape index (κ1) is 21.3. The summed E-state index contributed by atoms with van der Waals surface area (Å²) in [5.74, 6) is 0.425. The minimum absolute atomic E-state index is 0.204. The Hall–Kier alpha value is -3.98. The summed E-state index contributed by atoms with van der Waals surface area (Å²) in [4.78, 5) is 43.2. The highest BCUT2D eigenvalue weighted by atomic mass is 19.1. The van der Waals surface area contributed by atoms with Gasteiger partial charge in [0.2, 0.25) is 5.67 Å². The van der Waals surface area contributed by atoms with Crippen LogP contribution in [0.15, 0.2) is 46.2 Å². The molecule has 3 atom stereocenters. The summed E-state index contributed by atoms with van der Waals surface area (Å²) in [6.45, 7) is 3.65. The van der Waals surface area contributed by atoms with E-state index in [9.17, 15) is 14.4 Å². The molecular weight excluding hydrogens is 463 g/mol. The fourth-order valence-corrected chi connectivity index (χ4v) is 6.38. The van der Waals surface area contributed by atoms with Crippen LogP contribution in [0.2, 0.25) is 0 Å². The highest BCUT2D eigenvalue weighted by Crippen LogP contribution is 2.74. The maximum absolute atomic E-state index is 16.4. The monoisotopic (exact) mass is 487 g/mol. The molecule has 182 valence electrons. The summed E-state index contributed by atoms with van der Waals surface area (Å²) in [5, 5.41) is 0.501. The highest BCUT2D eigenvalue weighted by Gasteiger charge is 2.86. The second-order valence-corrected chi connectivity index (χ2v) is 10.7. The summed E-state index contributed by atoms with van der Waals surface area (Å²) in [6.07, 6.45) is 3.44. The minimum atomic E-state index is -1.68. The lowest BCUT2D eigenvalue weighted by Crippen LogP contribution is -2.58. The van der Waals surface area contributed by atoms with E-state index in [2.05, 4.69) is 4.98 Å². The van der Waals surface area contributed by atoms with E-state index in [0.29, 0.717) is 39.3 Å². The number of likely N-dealkylation sites (N-methyl/N-ethyl adjacent to an activating group) is 1. The van der Waals surface area contributed by atoms with E-state index in [-0.39, 0.29) is 39.1 Å². The molecule has 1 aromatic carbocycles. The lowest BCUT2D eigenvalue weighted by molar-refractivity contribution is 0.0695. The molecule has 5 heterocycles. The third-order valence-corrected chi connectivity index (χ3v) is 8.80. The van der Waals surface area contributed by atoms with Crippen molar-refractivity contribution in [1.29, 1.82) is 0 Å². The van der Waals surface area contributed by atoms with Crippen molar-refractivity contribution in [1.82, 2.24) is 18.6 Å². The molecule has 1 aliphatic carbocycles. The number of hydrogen-bond donors (Lipinski definition) is 1. The van der Waals surface area contributed by atoms with Gasteiger partial charge in [-0.3, -0.25) is 9.59 Å². The summed E-state index contributed by atoms with van der Waals surface area (Å²) in [6, 6.07) is 6.66. The SMILES string of the molecule is Cc1ccc2c3c1Oc1cn(C)c(=O)cc1-c1cn(C)c(=O)c4[nH]c(cc14)C(=O)[N+]3(C)C1(C)CC21F. The number of aromatic nitrogens is 3. The van der Waals surface area contributed by atoms with Crippen LogP contribution in [0.4, 0.5) is 10.1 Å². The third kappa shape index (κ3) is 2.13. The number of benzene rings is 1. The summed E-state index contributed by atoms with van der Waals surface area (Å²) >= 11 is 0. The van der Waals surface area contributed by atoms with Gasteiger partial charge in [0.25, 0.3) is 11.1 Å². The molecule has 3 unspecified atom stereocenters. The number of ether oxygens (including phenoxy) is 1. The van der Waals surface area contributed by atoms with Crippen molar-refractivity contribution in [3.8, 4) is 22.6 Å². The molecule has 7 rings (SSSR count). The molecule has 1 amide bonds. The molecule has 4 aromatic rings. The molecule has 36 heavy (non-hydrogen) atoms. The van der Waals surface area contributed by atoms with Crippen molar-refractivity contribution >= 4 is 22.5 Å². The fraction of sp³-hybridized carbons (Fsp3) is 0.296. The van der Waals surface area contributed by atoms with Crippen LogP contribution in [-0.4, -0.2) is 32.6 Å². The van der Waals surface area contributed by atoms with Crippen molar-refractivity contribution < 1.29 is 13.9 Å². The lowest BCUT2D eigenvalue weighted by atomic mass is 10.0. The molecule has 2 bridgehead atoms. The van der Waals surface area contributed by atoms with Crippen LogP contribution in [0.3, 0.4) is 0 Å². The van der Waals surface area contributed by atoms with Crippen molar-refractivity contribution in [2.75, 3.05) is 7.05 Å². The largest absolute Gasteiger partial charge is 0.449 e. The molecule has 1 saturated carbocycles. The Bertz CT molecular complexity index is 1850. The Labute approximate surface area is 204 Å². The Morgan fingerprint density at radius 1 is 1.08 bits per heavy atom. The average molecular weight is 488 g/mol. The van der Waals surface area contributed by atoms with Crippen LogP contribution in [0, 0.1) is 6.92 Å². The van der Waals surface area contributed by atoms with Gasteiger partial charge in [-0.1, -0.05) is 6.07 Å². The number of nitrogens with one attached hydrogen (secondary N) is 1. The Balaban J connectivity index is 1.69. The van der Waals surface area contributed by atoms with Gasteiger partial charge >= 0.3 is 5.91 Å². The van der Waals surface area contributed by atoms with Crippen LogP contribution in [0.1, 0.15) is 35.0 Å². The van der Waals surface area contributed by atoms with Crippen molar-refractivity contribution in [2.45, 2.75) is 31.5 Å². The first-order valence-corrected chi connectivity index (χ1v) is 11.8. The quantitative estimate of drug-likeness (QED) is 0.383. The molecule has 3 aromatic heterocycles. The van der Waals surface area contributed by atoms with Gasteiger partial charge < -0.3 is 18.9 Å². The first-order valence-electron chi connectivity index (χ1n) is 11.8. The summed E-state index contributed by atoms with van der Waals surface area (Å²) in [5.41, 5.74) is -0.0944. The lowest BCUT2D eigenvalue weighted by Gasteiger charge is -2.35. The van der Waals surface area contributed by atoms with E-state index in [4.69, 9.17) is 4.74 Å². The molecule has 0 radical (unpaired) electrons. The normalized spacial score (nSPS) is 27.3. The number of hydrogen-bond acceptors (Lipinski definition) is 4. The van der Waals surface area contributed by atoms with Gasteiger partial charge in [0, 0.05) is 42.9 Å². The van der Waals surface area contributed by atoms with E-state index < -0.39 is 11.2 Å². The van der Waals surface area contributed by atoms with Gasteiger partial charge in [-0.25, -0.2) is 13.7 Å². The van der Waals surface area contributed by atoms with E-state index in [0.717, 1.165) is 5.56 Å². The number of H-pyrrole nitrogens is 1. The number of nitrogens with zero attached hydrogens (tertiary/aromatic N) is 3. The number of pyridine rings is 2. The van der Waals surface area contributed by atoms with E-state index in [1.807, 2.05) is 13.0 Å². The molecule has 8 nitrogen and oxygen atoms in total. The number of rotatable bonds is 0. The third-order valence-electron chi connectivity index (χ3n) is 8.80. The van der Waals surface area contributed by atoms with E-state index >= 15 is 4.39 Å². The number of alkyl halides is 1. The average Bonchev–Trinajstić information content (AvgIpc) is 3.13. The number of amides is 1. The predicted molar refractivity (Wildman–Crippen MR) is 133 cm³/mol. The van der Waals surface area contributed by atoms with Crippen LogP contribution in [-0.2, 0) is 19.8 Å². The zero-order chi connectivity index (χ0) is 25.5. The maximum Gasteiger partial charge on any atom is 0.367 e. The number of aryl methyl sites for hydroxylation is 3. The molecule has 1 fully saturated rings. The smallest absolute Gasteiger partial charge is 0.367 e. The predicted octanol–water partition coefficient (Wildman–Crippen LogP) is 3.76. The van der Waals surface area contributed by atoms with Gasteiger partial charge in [-0.15, -0.1) is 0 Å². The molecule has 9 heteroatoms. The molecular formula is C27H24FN4O4+. The minimum Gasteiger partial charge on any atom is -0.449 e. The maximum atomic E-state index is 16.4. The standard InChI is InChI=1S/C27H23FN4O4/c1-13-6-7-17-22-23(13)36-19-11-30(3)20(33)9-14(19)16-10-31(4)24(34)21-15(16)8-18(29-21)25(35)32(22,5)26(2)12-27(17,26)28/h6-11H,12H2,1-5H3/p+1. The Morgan fingerprint density at radius 2 is 1.83 bits per heavy atom. The molecule has 1 N–H and O–H groups in total. The van der Waals surface area contributed by atoms with Crippen LogP contribution < -0.4 is 20.3 Å². The van der Waals surface area contributed by atoms with Crippen molar-refractivity contribution in [3.05, 3.63) is 74.2 Å². The van der Waals surface area contributed by atoms with Crippen LogP contribution in [0.5, 0.6) is 11.5 Å². The number of aromatic amines is 1. The molecule has 3 aliphatic rings. The number of carbonyl (C=O) groups is 1. The number of carbonyl (C=O) groups excluding carboxylic acids is 1. The van der Waals surface area contributed by atoms with E-state index in [1.54, 1.807) is 52.6 Å². The summed E-state index contributed by atoms with van der Waals surface area (Å²) < 4.78 is 25.4. The van der Waals surface area contributed by atoms with Gasteiger partial charge in [0.15, 0.2) is 22.7 Å². The molecule has 0 saturated heterocycles. The van der Waals surface area contributed by atoms with E-state index in [1.165, 1.54) is 15.2 Å². The number of fused-ring (bicyclic) bond motifs is 6. The Morgan fingerprint density at radius 3 is 2.58 bits per heavy atom. The number of quaternary nitrogens is 1. The highest BCUT2D eigenvalue weighted by molar-refractivity contribution is 6.10. The molecule has 0 spiro atoms. The number of halogens is 1. The van der Waals surface area contributed by atoms with Crippen molar-refractivity contribution in [3.63, 3.8) is 0 Å². The van der Waals surface area contributed by atoms with Crippen LogP contribution >= 0.6 is 0 Å². The zero-order valence-electron chi connectivity index (χ0n) is 20.5. The summed E-state index contributed by atoms with van der Waals surface area (Å²) in [7, 11) is 4.97. The van der Waals surface area contributed by atoms with Gasteiger partial charge in [0.1, 0.15) is 11.2 Å². The van der Waals surface area contributed by atoms with Gasteiger partial charge in [0.05, 0.1) is 25.2 Å².